The lowest BCUT2D eigenvalue weighted by Gasteiger charge is -2.10. The van der Waals surface area contributed by atoms with E-state index in [1.54, 1.807) is 24.5 Å². The molecule has 9 heteroatoms. The SMILES string of the molecule is Cc1cnc(Nc2cn[nH]c2C)nc1-n1cc(C)c2cc([N+](=O)[O-])ccc21. The van der Waals surface area contributed by atoms with Gasteiger partial charge in [-0.2, -0.15) is 10.1 Å². The van der Waals surface area contributed by atoms with Gasteiger partial charge in [0.05, 0.1) is 28.0 Å². The van der Waals surface area contributed by atoms with Crippen LogP contribution in [0.3, 0.4) is 0 Å². The number of nitro groups is 1. The fourth-order valence-corrected chi connectivity index (χ4v) is 3.01. The minimum absolute atomic E-state index is 0.0700. The van der Waals surface area contributed by atoms with Gasteiger partial charge in [0, 0.05) is 35.5 Å². The summed E-state index contributed by atoms with van der Waals surface area (Å²) in [6.07, 6.45) is 5.34. The van der Waals surface area contributed by atoms with Crippen LogP contribution in [0.4, 0.5) is 17.3 Å². The fourth-order valence-electron chi connectivity index (χ4n) is 3.01. The van der Waals surface area contributed by atoms with Gasteiger partial charge < -0.3 is 9.88 Å². The molecule has 4 aromatic rings. The zero-order chi connectivity index (χ0) is 19.1. The zero-order valence-electron chi connectivity index (χ0n) is 15.0. The molecule has 27 heavy (non-hydrogen) atoms. The topological polar surface area (TPSA) is 115 Å². The summed E-state index contributed by atoms with van der Waals surface area (Å²) in [5.41, 5.74) is 4.43. The lowest BCUT2D eigenvalue weighted by atomic mass is 10.2. The largest absolute Gasteiger partial charge is 0.321 e. The minimum atomic E-state index is -0.387. The molecule has 0 bridgehead atoms. The first kappa shape index (κ1) is 16.7. The number of H-pyrrole nitrogens is 1. The van der Waals surface area contributed by atoms with Gasteiger partial charge in [-0.05, 0) is 32.4 Å². The number of benzene rings is 1. The Morgan fingerprint density at radius 3 is 2.70 bits per heavy atom. The van der Waals surface area contributed by atoms with Gasteiger partial charge in [0.2, 0.25) is 5.95 Å². The summed E-state index contributed by atoms with van der Waals surface area (Å²) in [6.45, 7) is 5.75. The third-order valence-corrected chi connectivity index (χ3v) is 4.45. The molecule has 136 valence electrons. The molecule has 0 atom stereocenters. The zero-order valence-corrected chi connectivity index (χ0v) is 15.0. The van der Waals surface area contributed by atoms with Crippen LogP contribution in [0.5, 0.6) is 0 Å². The van der Waals surface area contributed by atoms with Crippen LogP contribution in [0.1, 0.15) is 16.8 Å². The normalized spacial score (nSPS) is 11.1. The average Bonchev–Trinajstić information content (AvgIpc) is 3.20. The van der Waals surface area contributed by atoms with Crippen LogP contribution in [0.25, 0.3) is 16.7 Å². The third-order valence-electron chi connectivity index (χ3n) is 4.45. The molecule has 3 aromatic heterocycles. The molecule has 0 unspecified atom stereocenters. The molecule has 0 aliphatic carbocycles. The summed E-state index contributed by atoms with van der Waals surface area (Å²) in [6, 6.07) is 4.84. The van der Waals surface area contributed by atoms with Crippen LogP contribution in [-0.4, -0.2) is 29.7 Å². The monoisotopic (exact) mass is 363 g/mol. The van der Waals surface area contributed by atoms with Crippen LogP contribution < -0.4 is 5.32 Å². The van der Waals surface area contributed by atoms with Crippen molar-refractivity contribution in [1.29, 1.82) is 0 Å². The second kappa shape index (κ2) is 6.20. The first-order valence-electron chi connectivity index (χ1n) is 8.31. The Morgan fingerprint density at radius 2 is 2.00 bits per heavy atom. The molecule has 9 nitrogen and oxygen atoms in total. The van der Waals surface area contributed by atoms with E-state index in [4.69, 9.17) is 0 Å². The van der Waals surface area contributed by atoms with E-state index in [0.717, 1.165) is 33.4 Å². The van der Waals surface area contributed by atoms with E-state index >= 15 is 0 Å². The fraction of sp³-hybridized carbons (Fsp3) is 0.167. The molecular formula is C18H17N7O2. The van der Waals surface area contributed by atoms with Crippen molar-refractivity contribution in [3.8, 4) is 5.82 Å². The number of nitro benzene ring substituents is 1. The molecule has 0 spiro atoms. The second-order valence-corrected chi connectivity index (χ2v) is 6.37. The number of rotatable bonds is 4. The number of nitrogens with zero attached hydrogens (tertiary/aromatic N) is 5. The lowest BCUT2D eigenvalue weighted by Crippen LogP contribution is -2.05. The molecule has 0 radical (unpaired) electrons. The van der Waals surface area contributed by atoms with E-state index in [1.807, 2.05) is 31.5 Å². The van der Waals surface area contributed by atoms with E-state index in [1.165, 1.54) is 6.07 Å². The number of aryl methyl sites for hydroxylation is 3. The highest BCUT2D eigenvalue weighted by molar-refractivity contribution is 5.87. The molecule has 1 aromatic carbocycles. The summed E-state index contributed by atoms with van der Waals surface area (Å²) in [4.78, 5) is 19.7. The van der Waals surface area contributed by atoms with Crippen molar-refractivity contribution in [2.75, 3.05) is 5.32 Å². The minimum Gasteiger partial charge on any atom is -0.321 e. The van der Waals surface area contributed by atoms with Gasteiger partial charge in [0.25, 0.3) is 5.69 Å². The summed E-state index contributed by atoms with van der Waals surface area (Å²) < 4.78 is 1.93. The highest BCUT2D eigenvalue weighted by atomic mass is 16.6. The van der Waals surface area contributed by atoms with Crippen molar-refractivity contribution in [3.05, 3.63) is 63.7 Å². The maximum atomic E-state index is 11.1. The highest BCUT2D eigenvalue weighted by Crippen LogP contribution is 2.29. The smallest absolute Gasteiger partial charge is 0.270 e. The Kier molecular flexibility index (Phi) is 3.84. The standard InChI is InChI=1S/C18H17N7O2/c1-10-7-19-18(21-15-8-20-23-12(15)3)22-17(10)24-9-11(2)14-6-13(25(26)27)4-5-16(14)24/h4-9H,1-3H3,(H,20,23)(H,19,21,22). The Labute approximate surface area is 154 Å². The second-order valence-electron chi connectivity index (χ2n) is 6.37. The summed E-state index contributed by atoms with van der Waals surface area (Å²) in [7, 11) is 0. The van der Waals surface area contributed by atoms with Crippen molar-refractivity contribution >= 4 is 28.2 Å². The Bertz CT molecular complexity index is 1180. The molecule has 0 saturated heterocycles. The predicted molar refractivity (Wildman–Crippen MR) is 102 cm³/mol. The number of aromatic nitrogens is 5. The molecule has 0 aliphatic rings. The summed E-state index contributed by atoms with van der Waals surface area (Å²) >= 11 is 0. The van der Waals surface area contributed by atoms with Crippen LogP contribution in [-0.2, 0) is 0 Å². The van der Waals surface area contributed by atoms with Gasteiger partial charge in [-0.1, -0.05) is 0 Å². The van der Waals surface area contributed by atoms with Gasteiger partial charge in [0.15, 0.2) is 0 Å². The van der Waals surface area contributed by atoms with Crippen LogP contribution in [0.2, 0.25) is 0 Å². The molecule has 0 amide bonds. The first-order valence-corrected chi connectivity index (χ1v) is 8.31. The van der Waals surface area contributed by atoms with Gasteiger partial charge >= 0.3 is 0 Å². The van der Waals surface area contributed by atoms with Gasteiger partial charge in [0.1, 0.15) is 5.82 Å². The van der Waals surface area contributed by atoms with Crippen molar-refractivity contribution in [3.63, 3.8) is 0 Å². The lowest BCUT2D eigenvalue weighted by molar-refractivity contribution is -0.384. The summed E-state index contributed by atoms with van der Waals surface area (Å²) in [5.74, 6) is 1.15. The first-order chi connectivity index (χ1) is 12.9. The Balaban J connectivity index is 1.82. The summed E-state index contributed by atoms with van der Waals surface area (Å²) in [5, 5.41) is 21.9. The molecule has 2 N–H and O–H groups in total. The quantitative estimate of drug-likeness (QED) is 0.422. The molecule has 0 saturated carbocycles. The van der Waals surface area contributed by atoms with Crippen LogP contribution in [0, 0.1) is 30.9 Å². The van der Waals surface area contributed by atoms with Crippen molar-refractivity contribution < 1.29 is 4.92 Å². The third kappa shape index (κ3) is 2.88. The molecular weight excluding hydrogens is 346 g/mol. The van der Waals surface area contributed by atoms with E-state index in [2.05, 4.69) is 25.5 Å². The number of anilines is 2. The molecule has 0 fully saturated rings. The predicted octanol–water partition coefficient (Wildman–Crippen LogP) is 3.72. The maximum Gasteiger partial charge on any atom is 0.270 e. The number of nitrogens with one attached hydrogen (secondary N) is 2. The molecule has 0 aliphatic heterocycles. The van der Waals surface area contributed by atoms with Crippen LogP contribution >= 0.6 is 0 Å². The highest BCUT2D eigenvalue weighted by Gasteiger charge is 2.15. The van der Waals surface area contributed by atoms with Crippen molar-refractivity contribution in [2.45, 2.75) is 20.8 Å². The maximum absolute atomic E-state index is 11.1. The van der Waals surface area contributed by atoms with Gasteiger partial charge in [-0.15, -0.1) is 0 Å². The van der Waals surface area contributed by atoms with Gasteiger partial charge in [-0.3, -0.25) is 15.2 Å². The number of hydrogen-bond donors (Lipinski definition) is 2. The Hall–Kier alpha value is -3.75. The van der Waals surface area contributed by atoms with Crippen LogP contribution in [0.15, 0.2) is 36.8 Å². The number of hydrogen-bond acceptors (Lipinski definition) is 6. The van der Waals surface area contributed by atoms with Gasteiger partial charge in [-0.25, -0.2) is 4.98 Å². The molecule has 4 rings (SSSR count). The van der Waals surface area contributed by atoms with E-state index in [0.29, 0.717) is 11.8 Å². The number of aromatic amines is 1. The van der Waals surface area contributed by atoms with E-state index < -0.39 is 0 Å². The van der Waals surface area contributed by atoms with Crippen molar-refractivity contribution in [1.82, 2.24) is 24.7 Å². The van der Waals surface area contributed by atoms with E-state index in [-0.39, 0.29) is 10.6 Å². The number of fused-ring (bicyclic) bond motifs is 1. The Morgan fingerprint density at radius 1 is 1.19 bits per heavy atom. The van der Waals surface area contributed by atoms with E-state index in [9.17, 15) is 10.1 Å². The number of non-ortho nitro benzene ring substituents is 1. The molecule has 3 heterocycles. The average molecular weight is 363 g/mol. The van der Waals surface area contributed by atoms with Crippen molar-refractivity contribution in [2.24, 2.45) is 0 Å².